The first-order valence-electron chi connectivity index (χ1n) is 6.17. The molecule has 0 aromatic rings. The molecule has 0 saturated heterocycles. The molecule has 3 unspecified atom stereocenters. The van der Waals surface area contributed by atoms with Crippen LogP contribution in [0.2, 0.25) is 0 Å². The van der Waals surface area contributed by atoms with E-state index in [0.29, 0.717) is 6.47 Å². The Kier molecular flexibility index (Phi) is 3.29. The SMILES string of the molecule is CC1=CCC[C@@]2(S)CCC(C)C(OC=O)C12O. The highest BCUT2D eigenvalue weighted by Crippen LogP contribution is 2.53. The average Bonchev–Trinajstić information content (AvgIpc) is 2.29. The molecule has 0 heterocycles. The third-order valence-electron chi connectivity index (χ3n) is 4.46. The summed E-state index contributed by atoms with van der Waals surface area (Å²) in [6, 6.07) is 0. The lowest BCUT2D eigenvalue weighted by atomic mass is 9.61. The first-order chi connectivity index (χ1) is 7.95. The van der Waals surface area contributed by atoms with Crippen molar-refractivity contribution in [2.24, 2.45) is 5.92 Å². The molecule has 0 amide bonds. The molecule has 3 nitrogen and oxygen atoms in total. The highest BCUT2D eigenvalue weighted by molar-refractivity contribution is 7.82. The van der Waals surface area contributed by atoms with E-state index < -0.39 is 16.5 Å². The number of rotatable bonds is 2. The van der Waals surface area contributed by atoms with Gasteiger partial charge in [-0.1, -0.05) is 13.0 Å². The number of aliphatic hydroxyl groups is 1. The number of carbonyl (C=O) groups excluding carboxylic acids is 1. The summed E-state index contributed by atoms with van der Waals surface area (Å²) in [4.78, 5) is 10.7. The predicted molar refractivity (Wildman–Crippen MR) is 69.0 cm³/mol. The van der Waals surface area contributed by atoms with E-state index in [1.165, 1.54) is 0 Å². The lowest BCUT2D eigenvalue weighted by molar-refractivity contribution is -0.166. The Hall–Kier alpha value is -0.480. The van der Waals surface area contributed by atoms with Crippen molar-refractivity contribution < 1.29 is 14.6 Å². The molecule has 0 aromatic carbocycles. The Morgan fingerprint density at radius 2 is 2.29 bits per heavy atom. The molecule has 0 bridgehead atoms. The van der Waals surface area contributed by atoms with E-state index in [2.05, 4.69) is 0 Å². The Labute approximate surface area is 108 Å². The van der Waals surface area contributed by atoms with Crippen molar-refractivity contribution in [3.63, 3.8) is 0 Å². The minimum Gasteiger partial charge on any atom is -0.461 e. The maximum Gasteiger partial charge on any atom is 0.293 e. The van der Waals surface area contributed by atoms with Gasteiger partial charge in [0.15, 0.2) is 0 Å². The Morgan fingerprint density at radius 3 is 2.94 bits per heavy atom. The molecule has 1 saturated carbocycles. The first kappa shape index (κ1) is 13.0. The maximum atomic E-state index is 11.1. The zero-order valence-corrected chi connectivity index (χ0v) is 11.2. The van der Waals surface area contributed by atoms with Crippen LogP contribution < -0.4 is 0 Å². The Morgan fingerprint density at radius 1 is 1.59 bits per heavy atom. The summed E-state index contributed by atoms with van der Waals surface area (Å²) in [7, 11) is 0. The van der Waals surface area contributed by atoms with Crippen LogP contribution in [0.5, 0.6) is 0 Å². The number of ether oxygens (including phenoxy) is 1. The molecule has 17 heavy (non-hydrogen) atoms. The van der Waals surface area contributed by atoms with Gasteiger partial charge in [0, 0.05) is 4.75 Å². The van der Waals surface area contributed by atoms with Crippen molar-refractivity contribution in [3.8, 4) is 0 Å². The second kappa shape index (κ2) is 4.32. The fourth-order valence-corrected chi connectivity index (χ4v) is 3.93. The highest BCUT2D eigenvalue weighted by atomic mass is 32.1. The van der Waals surface area contributed by atoms with Gasteiger partial charge in [-0.3, -0.25) is 4.79 Å². The lowest BCUT2D eigenvalue weighted by Crippen LogP contribution is -2.65. The molecule has 0 spiro atoms. The monoisotopic (exact) mass is 256 g/mol. The zero-order chi connectivity index (χ0) is 12.7. The predicted octanol–water partition coefficient (Wildman–Crippen LogP) is 2.10. The average molecular weight is 256 g/mol. The van der Waals surface area contributed by atoms with Gasteiger partial charge in [-0.05, 0) is 44.1 Å². The van der Waals surface area contributed by atoms with E-state index in [1.54, 1.807) is 0 Å². The minimum absolute atomic E-state index is 0.159. The van der Waals surface area contributed by atoms with Crippen LogP contribution in [-0.2, 0) is 9.53 Å². The molecule has 1 N–H and O–H groups in total. The van der Waals surface area contributed by atoms with Crippen LogP contribution in [0.3, 0.4) is 0 Å². The first-order valence-corrected chi connectivity index (χ1v) is 6.61. The third kappa shape index (κ3) is 1.73. The molecule has 0 radical (unpaired) electrons. The van der Waals surface area contributed by atoms with Crippen molar-refractivity contribution in [1.29, 1.82) is 0 Å². The molecule has 1 fully saturated rings. The normalized spacial score (nSPS) is 45.8. The molecule has 4 heteroatoms. The number of carbonyl (C=O) groups is 1. The van der Waals surface area contributed by atoms with Gasteiger partial charge in [-0.2, -0.15) is 12.6 Å². The summed E-state index contributed by atoms with van der Waals surface area (Å²) >= 11 is 4.73. The van der Waals surface area contributed by atoms with Gasteiger partial charge in [-0.15, -0.1) is 0 Å². The molecule has 2 aliphatic rings. The fourth-order valence-electron chi connectivity index (χ4n) is 3.37. The molecule has 0 aliphatic heterocycles. The van der Waals surface area contributed by atoms with Crippen LogP contribution in [-0.4, -0.2) is 28.0 Å². The third-order valence-corrected chi connectivity index (χ3v) is 5.25. The number of thiol groups is 1. The van der Waals surface area contributed by atoms with Gasteiger partial charge in [-0.25, -0.2) is 0 Å². The van der Waals surface area contributed by atoms with Crippen LogP contribution in [0.4, 0.5) is 0 Å². The molecule has 0 aromatic heterocycles. The zero-order valence-electron chi connectivity index (χ0n) is 10.3. The summed E-state index contributed by atoms with van der Waals surface area (Å²) in [5.41, 5.74) is -0.232. The Balaban J connectivity index is 2.46. The van der Waals surface area contributed by atoms with Gasteiger partial charge in [0.25, 0.3) is 6.47 Å². The maximum absolute atomic E-state index is 11.1. The highest BCUT2D eigenvalue weighted by Gasteiger charge is 2.60. The summed E-state index contributed by atoms with van der Waals surface area (Å²) in [5.74, 6) is 0.159. The van der Waals surface area contributed by atoms with Crippen LogP contribution in [0.1, 0.15) is 39.5 Å². The second-order valence-electron chi connectivity index (χ2n) is 5.39. The van der Waals surface area contributed by atoms with Crippen LogP contribution >= 0.6 is 12.6 Å². The van der Waals surface area contributed by atoms with Gasteiger partial charge < -0.3 is 9.84 Å². The summed E-state index contributed by atoms with van der Waals surface area (Å²) < 4.78 is 4.72. The molecule has 96 valence electrons. The lowest BCUT2D eigenvalue weighted by Gasteiger charge is -2.55. The van der Waals surface area contributed by atoms with Gasteiger partial charge in [0.2, 0.25) is 0 Å². The molecule has 4 atom stereocenters. The van der Waals surface area contributed by atoms with E-state index in [-0.39, 0.29) is 5.92 Å². The van der Waals surface area contributed by atoms with Crippen molar-refractivity contribution in [3.05, 3.63) is 11.6 Å². The van der Waals surface area contributed by atoms with E-state index >= 15 is 0 Å². The molecule has 2 rings (SSSR count). The number of hydrogen-bond acceptors (Lipinski definition) is 4. The number of fused-ring (bicyclic) bond motifs is 1. The fraction of sp³-hybridized carbons (Fsp3) is 0.769. The van der Waals surface area contributed by atoms with Gasteiger partial charge in [0.05, 0.1) is 0 Å². The largest absolute Gasteiger partial charge is 0.461 e. The van der Waals surface area contributed by atoms with Crippen molar-refractivity contribution in [1.82, 2.24) is 0 Å². The molecular weight excluding hydrogens is 236 g/mol. The van der Waals surface area contributed by atoms with Crippen molar-refractivity contribution in [2.45, 2.75) is 56.0 Å². The standard InChI is InChI=1S/C13H20O3S/c1-9-5-7-12(17)6-3-4-10(2)13(12,15)11(9)16-8-14/h4,8-9,11,15,17H,3,5-7H2,1-2H3/t9?,11?,12-,13?/m1/s1. The van der Waals surface area contributed by atoms with E-state index in [4.69, 9.17) is 17.4 Å². The topological polar surface area (TPSA) is 46.5 Å². The van der Waals surface area contributed by atoms with Crippen LogP contribution in [0.15, 0.2) is 11.6 Å². The van der Waals surface area contributed by atoms with Crippen LogP contribution in [0.25, 0.3) is 0 Å². The molecule has 2 aliphatic carbocycles. The second-order valence-corrected chi connectivity index (χ2v) is 6.25. The number of allylic oxidation sites excluding steroid dienone is 1. The van der Waals surface area contributed by atoms with E-state index in [0.717, 1.165) is 31.3 Å². The number of hydrogen-bond donors (Lipinski definition) is 2. The summed E-state index contributed by atoms with van der Waals surface area (Å²) in [6.07, 6.45) is 5.10. The summed E-state index contributed by atoms with van der Waals surface area (Å²) in [5, 5.41) is 11.1. The van der Waals surface area contributed by atoms with Crippen molar-refractivity contribution in [2.75, 3.05) is 0 Å². The van der Waals surface area contributed by atoms with E-state index in [1.807, 2.05) is 19.9 Å². The Bertz CT molecular complexity index is 355. The quantitative estimate of drug-likeness (QED) is 0.452. The summed E-state index contributed by atoms with van der Waals surface area (Å²) in [6.45, 7) is 4.37. The van der Waals surface area contributed by atoms with E-state index in [9.17, 15) is 9.90 Å². The van der Waals surface area contributed by atoms with Crippen LogP contribution in [0, 0.1) is 5.92 Å². The smallest absolute Gasteiger partial charge is 0.293 e. The molecular formula is C13H20O3S. The van der Waals surface area contributed by atoms with Gasteiger partial charge in [0.1, 0.15) is 11.7 Å². The van der Waals surface area contributed by atoms with Gasteiger partial charge >= 0.3 is 0 Å². The minimum atomic E-state index is -1.12. The van der Waals surface area contributed by atoms with Crippen molar-refractivity contribution >= 4 is 19.1 Å².